The van der Waals surface area contributed by atoms with Gasteiger partial charge in [0.05, 0.1) is 11.1 Å². The van der Waals surface area contributed by atoms with Crippen LogP contribution >= 0.6 is 0 Å². The van der Waals surface area contributed by atoms with E-state index in [1.165, 1.54) is 12.1 Å². The van der Waals surface area contributed by atoms with Crippen molar-refractivity contribution in [1.82, 2.24) is 9.97 Å². The fourth-order valence-corrected chi connectivity index (χ4v) is 3.41. The van der Waals surface area contributed by atoms with E-state index in [9.17, 15) is 9.90 Å². The molecule has 0 radical (unpaired) electrons. The summed E-state index contributed by atoms with van der Waals surface area (Å²) in [6, 6.07) is 27.6. The van der Waals surface area contributed by atoms with E-state index in [1.54, 1.807) is 18.2 Å². The Labute approximate surface area is 195 Å². The standard InChI is InChI=1S/C27H20N2O5/c30-27(31)20-11-13-22-23(15-20)34-26(28-22)21-12-14-24(32-16-18-7-3-1-4-8-18)29-25(21)33-17-19-9-5-2-6-10-19/h1-15H,16-17H2,(H,30,31). The SMILES string of the molecule is O=C(O)c1ccc2nc(-c3ccc(OCc4ccccc4)nc3OCc3ccccc3)oc2c1. The first kappa shape index (κ1) is 21.2. The second-order valence-corrected chi connectivity index (χ2v) is 7.56. The first-order valence-electron chi connectivity index (χ1n) is 10.6. The van der Waals surface area contributed by atoms with Gasteiger partial charge < -0.3 is 19.0 Å². The largest absolute Gasteiger partial charge is 0.478 e. The number of hydrogen-bond donors (Lipinski definition) is 1. The highest BCUT2D eigenvalue weighted by Crippen LogP contribution is 2.33. The van der Waals surface area contributed by atoms with Crippen LogP contribution in [0, 0.1) is 0 Å². The predicted octanol–water partition coefficient (Wildman–Crippen LogP) is 5.75. The van der Waals surface area contributed by atoms with Gasteiger partial charge >= 0.3 is 5.97 Å². The molecule has 0 atom stereocenters. The summed E-state index contributed by atoms with van der Waals surface area (Å²) < 4.78 is 17.8. The molecule has 3 aromatic carbocycles. The normalized spacial score (nSPS) is 10.8. The Bertz CT molecular complexity index is 1430. The lowest BCUT2D eigenvalue weighted by Gasteiger charge is -2.11. The molecule has 0 aliphatic carbocycles. The molecule has 0 amide bonds. The molecule has 0 saturated heterocycles. The highest BCUT2D eigenvalue weighted by Gasteiger charge is 2.18. The van der Waals surface area contributed by atoms with Gasteiger partial charge in [-0.25, -0.2) is 9.78 Å². The van der Waals surface area contributed by atoms with E-state index in [0.717, 1.165) is 11.1 Å². The van der Waals surface area contributed by atoms with Gasteiger partial charge in [-0.1, -0.05) is 60.7 Å². The van der Waals surface area contributed by atoms with Crippen molar-refractivity contribution < 1.29 is 23.8 Å². The van der Waals surface area contributed by atoms with Crippen molar-refractivity contribution in [2.75, 3.05) is 0 Å². The number of ether oxygens (including phenoxy) is 2. The van der Waals surface area contributed by atoms with Crippen molar-refractivity contribution in [1.29, 1.82) is 0 Å². The van der Waals surface area contributed by atoms with E-state index >= 15 is 0 Å². The van der Waals surface area contributed by atoms with E-state index < -0.39 is 5.97 Å². The maximum absolute atomic E-state index is 11.3. The molecule has 0 aliphatic rings. The van der Waals surface area contributed by atoms with Crippen molar-refractivity contribution in [3.8, 4) is 23.2 Å². The maximum atomic E-state index is 11.3. The number of pyridine rings is 1. The molecular weight excluding hydrogens is 432 g/mol. The Morgan fingerprint density at radius 3 is 2.15 bits per heavy atom. The number of rotatable bonds is 8. The van der Waals surface area contributed by atoms with Gasteiger partial charge in [0.2, 0.25) is 17.7 Å². The van der Waals surface area contributed by atoms with Gasteiger partial charge in [0.25, 0.3) is 0 Å². The summed E-state index contributed by atoms with van der Waals surface area (Å²) in [5, 5.41) is 9.25. The van der Waals surface area contributed by atoms with Crippen LogP contribution in [-0.2, 0) is 13.2 Å². The Morgan fingerprint density at radius 1 is 0.794 bits per heavy atom. The molecule has 1 N–H and O–H groups in total. The molecule has 0 saturated carbocycles. The van der Waals surface area contributed by atoms with Crippen LogP contribution in [0.2, 0.25) is 0 Å². The number of benzene rings is 3. The number of aromatic nitrogens is 2. The lowest BCUT2D eigenvalue weighted by Crippen LogP contribution is -2.02. The van der Waals surface area contributed by atoms with Gasteiger partial charge in [-0.2, -0.15) is 4.98 Å². The molecule has 0 bridgehead atoms. The minimum atomic E-state index is -1.03. The number of fused-ring (bicyclic) bond motifs is 1. The molecule has 5 aromatic rings. The fraction of sp³-hybridized carbons (Fsp3) is 0.0741. The predicted molar refractivity (Wildman–Crippen MR) is 126 cm³/mol. The summed E-state index contributed by atoms with van der Waals surface area (Å²) in [4.78, 5) is 20.3. The number of carboxylic acid groups (broad SMARTS) is 1. The number of oxazole rings is 1. The molecular formula is C27H20N2O5. The van der Waals surface area contributed by atoms with Gasteiger partial charge in [-0.05, 0) is 35.4 Å². The number of aromatic carboxylic acids is 1. The summed E-state index contributed by atoms with van der Waals surface area (Å²) in [6.07, 6.45) is 0. The molecule has 7 heteroatoms. The van der Waals surface area contributed by atoms with Gasteiger partial charge in [0.1, 0.15) is 18.7 Å². The van der Waals surface area contributed by atoms with Crippen molar-refractivity contribution in [3.63, 3.8) is 0 Å². The Morgan fingerprint density at radius 2 is 1.47 bits per heavy atom. The average molecular weight is 452 g/mol. The van der Waals surface area contributed by atoms with Crippen molar-refractivity contribution in [2.24, 2.45) is 0 Å². The van der Waals surface area contributed by atoms with E-state index in [0.29, 0.717) is 41.6 Å². The molecule has 0 aliphatic heterocycles. The van der Waals surface area contributed by atoms with Gasteiger partial charge in [0.15, 0.2) is 5.58 Å². The first-order chi connectivity index (χ1) is 16.7. The molecule has 2 aromatic heterocycles. The minimum absolute atomic E-state index is 0.124. The summed E-state index contributed by atoms with van der Waals surface area (Å²) >= 11 is 0. The molecule has 34 heavy (non-hydrogen) atoms. The monoisotopic (exact) mass is 452 g/mol. The van der Waals surface area contributed by atoms with Crippen molar-refractivity contribution >= 4 is 17.1 Å². The zero-order chi connectivity index (χ0) is 23.3. The Balaban J connectivity index is 1.47. The summed E-state index contributed by atoms with van der Waals surface area (Å²) in [5.74, 6) is -0.0459. The third-order valence-electron chi connectivity index (χ3n) is 5.15. The summed E-state index contributed by atoms with van der Waals surface area (Å²) in [7, 11) is 0. The maximum Gasteiger partial charge on any atom is 0.335 e. The third-order valence-corrected chi connectivity index (χ3v) is 5.15. The highest BCUT2D eigenvalue weighted by atomic mass is 16.5. The molecule has 5 rings (SSSR count). The lowest BCUT2D eigenvalue weighted by atomic mass is 10.2. The molecule has 0 spiro atoms. The summed E-state index contributed by atoms with van der Waals surface area (Å²) in [5.41, 5.74) is 3.57. The zero-order valence-corrected chi connectivity index (χ0v) is 18.0. The first-order valence-corrected chi connectivity index (χ1v) is 10.6. The lowest BCUT2D eigenvalue weighted by molar-refractivity contribution is 0.0697. The van der Waals surface area contributed by atoms with Crippen LogP contribution in [0.25, 0.3) is 22.6 Å². The quantitative estimate of drug-likeness (QED) is 0.320. The fourth-order valence-electron chi connectivity index (χ4n) is 3.41. The smallest absolute Gasteiger partial charge is 0.335 e. The van der Waals surface area contributed by atoms with Gasteiger partial charge in [-0.3, -0.25) is 0 Å². The second-order valence-electron chi connectivity index (χ2n) is 7.56. The summed E-state index contributed by atoms with van der Waals surface area (Å²) in [6.45, 7) is 0.665. The van der Waals surface area contributed by atoms with Crippen molar-refractivity contribution in [2.45, 2.75) is 13.2 Å². The minimum Gasteiger partial charge on any atom is -0.478 e. The average Bonchev–Trinajstić information content (AvgIpc) is 3.31. The van der Waals surface area contributed by atoms with E-state index in [2.05, 4.69) is 9.97 Å². The van der Waals surface area contributed by atoms with Crippen LogP contribution in [0.15, 0.2) is 95.4 Å². The molecule has 2 heterocycles. The van der Waals surface area contributed by atoms with Crippen LogP contribution < -0.4 is 9.47 Å². The molecule has 168 valence electrons. The third kappa shape index (κ3) is 4.73. The van der Waals surface area contributed by atoms with E-state index in [4.69, 9.17) is 13.9 Å². The topological polar surface area (TPSA) is 94.7 Å². The van der Waals surface area contributed by atoms with Crippen LogP contribution in [0.3, 0.4) is 0 Å². The Kier molecular flexibility index (Phi) is 5.90. The second kappa shape index (κ2) is 9.46. The van der Waals surface area contributed by atoms with Crippen LogP contribution in [-0.4, -0.2) is 21.0 Å². The molecule has 7 nitrogen and oxygen atoms in total. The van der Waals surface area contributed by atoms with Crippen LogP contribution in [0.1, 0.15) is 21.5 Å². The van der Waals surface area contributed by atoms with Gasteiger partial charge in [0, 0.05) is 6.07 Å². The van der Waals surface area contributed by atoms with Crippen LogP contribution in [0.4, 0.5) is 0 Å². The van der Waals surface area contributed by atoms with Crippen molar-refractivity contribution in [3.05, 3.63) is 108 Å². The number of nitrogens with zero attached hydrogens (tertiary/aromatic N) is 2. The number of carboxylic acids is 1. The molecule has 0 unspecified atom stereocenters. The van der Waals surface area contributed by atoms with Gasteiger partial charge in [-0.15, -0.1) is 0 Å². The van der Waals surface area contributed by atoms with E-state index in [1.807, 2.05) is 60.7 Å². The highest BCUT2D eigenvalue weighted by molar-refractivity contribution is 5.92. The molecule has 0 fully saturated rings. The Hall–Kier alpha value is -4.65. The van der Waals surface area contributed by atoms with E-state index in [-0.39, 0.29) is 11.5 Å². The van der Waals surface area contributed by atoms with Crippen LogP contribution in [0.5, 0.6) is 11.8 Å². The number of carbonyl (C=O) groups is 1. The number of hydrogen-bond acceptors (Lipinski definition) is 6. The zero-order valence-electron chi connectivity index (χ0n) is 18.0.